The summed E-state index contributed by atoms with van der Waals surface area (Å²) >= 11 is 0. The fraction of sp³-hybridized carbons (Fsp3) is 0.818. The second kappa shape index (κ2) is 5.96. The Morgan fingerprint density at radius 1 is 1.44 bits per heavy atom. The van der Waals surface area contributed by atoms with Gasteiger partial charge in [0.15, 0.2) is 5.82 Å². The molecule has 5 heteroatoms. The summed E-state index contributed by atoms with van der Waals surface area (Å²) in [4.78, 5) is 6.41. The van der Waals surface area contributed by atoms with E-state index >= 15 is 0 Å². The van der Waals surface area contributed by atoms with E-state index in [-0.39, 0.29) is 6.04 Å². The first kappa shape index (κ1) is 13.1. The predicted octanol–water partition coefficient (Wildman–Crippen LogP) is 1.22. The van der Waals surface area contributed by atoms with Gasteiger partial charge in [0.1, 0.15) is 0 Å². The quantitative estimate of drug-likeness (QED) is 0.790. The number of nitrogens with two attached hydrogens (primary N) is 1. The molecule has 0 aromatic carbocycles. The first-order valence-corrected chi connectivity index (χ1v) is 5.77. The van der Waals surface area contributed by atoms with Crippen LogP contribution in [-0.4, -0.2) is 35.7 Å². The van der Waals surface area contributed by atoms with Crippen LogP contribution in [0.5, 0.6) is 0 Å². The normalized spacial score (nSPS) is 15.4. The molecule has 92 valence electrons. The summed E-state index contributed by atoms with van der Waals surface area (Å²) in [7, 11) is 4.04. The van der Waals surface area contributed by atoms with Crippen LogP contribution in [0.1, 0.15) is 38.0 Å². The van der Waals surface area contributed by atoms with E-state index in [0.717, 1.165) is 25.2 Å². The Morgan fingerprint density at radius 2 is 2.12 bits per heavy atom. The van der Waals surface area contributed by atoms with Gasteiger partial charge in [-0.3, -0.25) is 0 Å². The molecule has 0 radical (unpaired) electrons. The smallest absolute Gasteiger partial charge is 0.243 e. The van der Waals surface area contributed by atoms with Crippen LogP contribution in [0, 0.1) is 5.92 Å². The molecule has 2 atom stereocenters. The van der Waals surface area contributed by atoms with Crippen molar-refractivity contribution in [2.24, 2.45) is 11.7 Å². The first-order valence-electron chi connectivity index (χ1n) is 5.77. The van der Waals surface area contributed by atoms with Gasteiger partial charge in [0, 0.05) is 13.0 Å². The largest absolute Gasteiger partial charge is 0.338 e. The van der Waals surface area contributed by atoms with E-state index in [4.69, 9.17) is 10.3 Å². The van der Waals surface area contributed by atoms with E-state index in [2.05, 4.69) is 28.9 Å². The molecule has 1 unspecified atom stereocenters. The van der Waals surface area contributed by atoms with Crippen molar-refractivity contribution in [3.05, 3.63) is 11.7 Å². The molecule has 0 amide bonds. The highest BCUT2D eigenvalue weighted by Crippen LogP contribution is 2.19. The third-order valence-electron chi connectivity index (χ3n) is 2.81. The van der Waals surface area contributed by atoms with Crippen molar-refractivity contribution >= 4 is 0 Å². The lowest BCUT2D eigenvalue weighted by Crippen LogP contribution is -2.19. The molecule has 0 saturated carbocycles. The second-order valence-electron chi connectivity index (χ2n) is 4.51. The molecule has 1 aromatic heterocycles. The highest BCUT2D eigenvalue weighted by atomic mass is 16.5. The predicted molar refractivity (Wildman–Crippen MR) is 62.9 cm³/mol. The maximum atomic E-state index is 6.01. The van der Waals surface area contributed by atoms with Gasteiger partial charge < -0.3 is 15.2 Å². The molecule has 1 rings (SSSR count). The minimum Gasteiger partial charge on any atom is -0.338 e. The third-order valence-corrected chi connectivity index (χ3v) is 2.81. The minimum atomic E-state index is -0.148. The standard InChI is InChI=1S/C11H22N4O/c1-5-8(2)10(12)11-13-9(14-16-11)6-7-15(3)4/h8,10H,5-7,12H2,1-4H3/t8?,10-/m0/s1. The summed E-state index contributed by atoms with van der Waals surface area (Å²) in [5.74, 6) is 1.66. The summed E-state index contributed by atoms with van der Waals surface area (Å²) in [5.41, 5.74) is 6.01. The summed E-state index contributed by atoms with van der Waals surface area (Å²) in [6, 6.07) is -0.148. The number of rotatable bonds is 6. The third kappa shape index (κ3) is 3.57. The monoisotopic (exact) mass is 226 g/mol. The number of nitrogens with zero attached hydrogens (tertiary/aromatic N) is 3. The average molecular weight is 226 g/mol. The molecule has 0 bridgehead atoms. The van der Waals surface area contributed by atoms with Gasteiger partial charge in [0.05, 0.1) is 6.04 Å². The molecule has 16 heavy (non-hydrogen) atoms. The van der Waals surface area contributed by atoms with Crippen molar-refractivity contribution < 1.29 is 4.52 Å². The Morgan fingerprint density at radius 3 is 2.69 bits per heavy atom. The lowest BCUT2D eigenvalue weighted by molar-refractivity contribution is 0.309. The summed E-state index contributed by atoms with van der Waals surface area (Å²) in [5, 5.41) is 3.93. The lowest BCUT2D eigenvalue weighted by atomic mass is 10.0. The van der Waals surface area contributed by atoms with Crippen LogP contribution in [0.15, 0.2) is 4.52 Å². The topological polar surface area (TPSA) is 68.2 Å². The summed E-state index contributed by atoms with van der Waals surface area (Å²) in [6.45, 7) is 5.11. The van der Waals surface area contributed by atoms with Gasteiger partial charge >= 0.3 is 0 Å². The molecule has 0 aliphatic rings. The average Bonchev–Trinajstić information content (AvgIpc) is 2.72. The molecule has 0 aliphatic heterocycles. The first-order chi connectivity index (χ1) is 7.54. The van der Waals surface area contributed by atoms with E-state index in [1.54, 1.807) is 0 Å². The van der Waals surface area contributed by atoms with E-state index in [1.807, 2.05) is 14.1 Å². The van der Waals surface area contributed by atoms with E-state index in [9.17, 15) is 0 Å². The van der Waals surface area contributed by atoms with Crippen molar-refractivity contribution in [1.82, 2.24) is 15.0 Å². The van der Waals surface area contributed by atoms with Crippen LogP contribution in [-0.2, 0) is 6.42 Å². The van der Waals surface area contributed by atoms with Crippen LogP contribution in [0.25, 0.3) is 0 Å². The number of likely N-dealkylation sites (N-methyl/N-ethyl adjacent to an activating group) is 1. The van der Waals surface area contributed by atoms with Crippen molar-refractivity contribution in [2.75, 3.05) is 20.6 Å². The number of aromatic nitrogens is 2. The molecule has 1 heterocycles. The van der Waals surface area contributed by atoms with Gasteiger partial charge in [0.2, 0.25) is 5.89 Å². The maximum Gasteiger partial charge on any atom is 0.243 e. The van der Waals surface area contributed by atoms with Gasteiger partial charge in [0.25, 0.3) is 0 Å². The van der Waals surface area contributed by atoms with Crippen molar-refractivity contribution in [1.29, 1.82) is 0 Å². The zero-order chi connectivity index (χ0) is 12.1. The van der Waals surface area contributed by atoms with Crippen LogP contribution in [0.2, 0.25) is 0 Å². The molecular formula is C11H22N4O. The molecule has 0 fully saturated rings. The van der Waals surface area contributed by atoms with Gasteiger partial charge in [-0.1, -0.05) is 25.4 Å². The zero-order valence-corrected chi connectivity index (χ0v) is 10.6. The Balaban J connectivity index is 2.57. The number of hydrogen-bond acceptors (Lipinski definition) is 5. The molecule has 0 spiro atoms. The Bertz CT molecular complexity index is 311. The summed E-state index contributed by atoms with van der Waals surface area (Å²) in [6.07, 6.45) is 1.81. The fourth-order valence-electron chi connectivity index (χ4n) is 1.33. The Labute approximate surface area is 97.0 Å². The zero-order valence-electron chi connectivity index (χ0n) is 10.6. The highest BCUT2D eigenvalue weighted by molar-refractivity contribution is 4.93. The number of hydrogen-bond donors (Lipinski definition) is 1. The van der Waals surface area contributed by atoms with Crippen molar-refractivity contribution in [3.8, 4) is 0 Å². The highest BCUT2D eigenvalue weighted by Gasteiger charge is 2.19. The van der Waals surface area contributed by atoms with Crippen LogP contribution in [0.4, 0.5) is 0 Å². The van der Waals surface area contributed by atoms with E-state index in [1.165, 1.54) is 0 Å². The molecule has 5 nitrogen and oxygen atoms in total. The minimum absolute atomic E-state index is 0.148. The van der Waals surface area contributed by atoms with Crippen molar-refractivity contribution in [2.45, 2.75) is 32.7 Å². The molecule has 0 aliphatic carbocycles. The van der Waals surface area contributed by atoms with E-state index in [0.29, 0.717) is 11.8 Å². The van der Waals surface area contributed by atoms with Gasteiger partial charge in [-0.2, -0.15) is 4.98 Å². The second-order valence-corrected chi connectivity index (χ2v) is 4.51. The molecular weight excluding hydrogens is 204 g/mol. The van der Waals surface area contributed by atoms with Crippen molar-refractivity contribution in [3.63, 3.8) is 0 Å². The lowest BCUT2D eigenvalue weighted by Gasteiger charge is -2.13. The van der Waals surface area contributed by atoms with Crippen LogP contribution < -0.4 is 5.73 Å². The summed E-state index contributed by atoms with van der Waals surface area (Å²) < 4.78 is 5.18. The van der Waals surface area contributed by atoms with E-state index < -0.39 is 0 Å². The van der Waals surface area contributed by atoms with Crippen LogP contribution in [0.3, 0.4) is 0 Å². The maximum absolute atomic E-state index is 6.01. The Hall–Kier alpha value is -0.940. The SMILES string of the molecule is CCC(C)[C@H](N)c1nc(CCN(C)C)no1. The molecule has 0 saturated heterocycles. The molecule has 1 aromatic rings. The Kier molecular flexibility index (Phi) is 4.89. The van der Waals surface area contributed by atoms with Crippen LogP contribution >= 0.6 is 0 Å². The van der Waals surface area contributed by atoms with Gasteiger partial charge in [-0.05, 0) is 20.0 Å². The molecule has 2 N–H and O–H groups in total. The van der Waals surface area contributed by atoms with Gasteiger partial charge in [-0.25, -0.2) is 0 Å². The van der Waals surface area contributed by atoms with Gasteiger partial charge in [-0.15, -0.1) is 0 Å². The fourth-order valence-corrected chi connectivity index (χ4v) is 1.33.